The van der Waals surface area contributed by atoms with Crippen LogP contribution < -0.4 is 15.0 Å². The first-order chi connectivity index (χ1) is 16.0. The molecule has 1 N–H and O–H groups in total. The molecular formula is C26H29N5O2. The fourth-order valence-corrected chi connectivity index (χ4v) is 3.72. The first kappa shape index (κ1) is 22.3. The van der Waals surface area contributed by atoms with E-state index in [1.807, 2.05) is 61.3 Å². The molecule has 1 aliphatic heterocycles. The fraction of sp³-hybridized carbons (Fsp3) is 0.269. The number of amides is 2. The van der Waals surface area contributed by atoms with Gasteiger partial charge in [-0.3, -0.25) is 0 Å². The summed E-state index contributed by atoms with van der Waals surface area (Å²) in [4.78, 5) is 25.9. The van der Waals surface area contributed by atoms with Gasteiger partial charge in [-0.1, -0.05) is 54.1 Å². The van der Waals surface area contributed by atoms with Gasteiger partial charge in [0.2, 0.25) is 11.8 Å². The first-order valence-electron chi connectivity index (χ1n) is 11.1. The third-order valence-corrected chi connectivity index (χ3v) is 5.53. The summed E-state index contributed by atoms with van der Waals surface area (Å²) in [5, 5.41) is 2.84. The molecule has 2 heterocycles. The number of anilines is 1. The molecule has 0 saturated heterocycles. The Hall–Kier alpha value is -3.87. The Labute approximate surface area is 194 Å². The van der Waals surface area contributed by atoms with E-state index in [9.17, 15) is 4.79 Å². The maximum atomic E-state index is 12.5. The second kappa shape index (κ2) is 10.2. The van der Waals surface area contributed by atoms with Crippen LogP contribution in [-0.4, -0.2) is 41.0 Å². The van der Waals surface area contributed by atoms with Crippen LogP contribution in [0.2, 0.25) is 0 Å². The highest BCUT2D eigenvalue weighted by Crippen LogP contribution is 2.31. The average molecular weight is 444 g/mol. The van der Waals surface area contributed by atoms with E-state index in [2.05, 4.69) is 24.0 Å². The Morgan fingerprint density at radius 3 is 2.67 bits per heavy atom. The van der Waals surface area contributed by atoms with Gasteiger partial charge in [0.25, 0.3) is 0 Å². The number of nitrogens with one attached hydrogen (secondary N) is 1. The molecule has 0 radical (unpaired) electrons. The summed E-state index contributed by atoms with van der Waals surface area (Å²) in [7, 11) is 1.97. The lowest BCUT2D eigenvalue weighted by Crippen LogP contribution is -2.43. The molecule has 4 rings (SSSR count). The number of ether oxygens (including phenoxy) is 1. The summed E-state index contributed by atoms with van der Waals surface area (Å²) in [6.45, 7) is 7.77. The zero-order valence-electron chi connectivity index (χ0n) is 19.1. The number of urea groups is 1. The van der Waals surface area contributed by atoms with Gasteiger partial charge in [0.05, 0.1) is 17.8 Å². The number of benzene rings is 2. The molecule has 2 aromatic carbocycles. The predicted octanol–water partition coefficient (Wildman–Crippen LogP) is 4.47. The van der Waals surface area contributed by atoms with Crippen LogP contribution in [0.1, 0.15) is 22.4 Å². The minimum atomic E-state index is -0.132. The van der Waals surface area contributed by atoms with Gasteiger partial charge >= 0.3 is 6.03 Å². The Bertz CT molecular complexity index is 1120. The van der Waals surface area contributed by atoms with Crippen molar-refractivity contribution in [2.24, 2.45) is 0 Å². The number of rotatable bonds is 7. The van der Waals surface area contributed by atoms with Crippen molar-refractivity contribution in [2.45, 2.75) is 26.4 Å². The van der Waals surface area contributed by atoms with E-state index in [1.54, 1.807) is 11.0 Å². The number of aryl methyl sites for hydroxylation is 1. The molecule has 33 heavy (non-hydrogen) atoms. The second-order valence-corrected chi connectivity index (χ2v) is 8.16. The Morgan fingerprint density at radius 1 is 1.18 bits per heavy atom. The lowest BCUT2D eigenvalue weighted by molar-refractivity contribution is 0.192. The summed E-state index contributed by atoms with van der Waals surface area (Å²) in [6, 6.07) is 17.9. The average Bonchev–Trinajstić information content (AvgIpc) is 2.84. The Balaban J connectivity index is 1.64. The molecule has 0 atom stereocenters. The van der Waals surface area contributed by atoms with Gasteiger partial charge in [0, 0.05) is 33.1 Å². The van der Waals surface area contributed by atoms with E-state index >= 15 is 0 Å². The van der Waals surface area contributed by atoms with E-state index in [0.29, 0.717) is 50.2 Å². The molecule has 0 bridgehead atoms. The van der Waals surface area contributed by atoms with Gasteiger partial charge in [0.15, 0.2) is 0 Å². The van der Waals surface area contributed by atoms with Crippen molar-refractivity contribution < 1.29 is 9.53 Å². The summed E-state index contributed by atoms with van der Waals surface area (Å²) in [5.41, 5.74) is 4.08. The van der Waals surface area contributed by atoms with Gasteiger partial charge in [-0.2, -0.15) is 4.98 Å². The van der Waals surface area contributed by atoms with Crippen LogP contribution in [0.4, 0.5) is 10.7 Å². The number of carbonyl (C=O) groups is 1. The number of fused-ring (bicyclic) bond motifs is 1. The molecular weight excluding hydrogens is 414 g/mol. The normalized spacial score (nSPS) is 12.6. The van der Waals surface area contributed by atoms with Gasteiger partial charge < -0.3 is 19.9 Å². The Kier molecular flexibility index (Phi) is 6.88. The van der Waals surface area contributed by atoms with Gasteiger partial charge in [-0.05, 0) is 24.6 Å². The van der Waals surface area contributed by atoms with Crippen molar-refractivity contribution >= 4 is 12.0 Å². The number of aromatic nitrogens is 2. The summed E-state index contributed by atoms with van der Waals surface area (Å²) < 4.78 is 6.23. The molecule has 0 saturated carbocycles. The highest BCUT2D eigenvalue weighted by Gasteiger charge is 2.27. The van der Waals surface area contributed by atoms with Crippen molar-refractivity contribution in [2.75, 3.05) is 25.0 Å². The lowest BCUT2D eigenvalue weighted by Gasteiger charge is -2.30. The highest BCUT2D eigenvalue weighted by molar-refractivity contribution is 5.74. The molecule has 0 spiro atoms. The van der Waals surface area contributed by atoms with Gasteiger partial charge in [0.1, 0.15) is 5.75 Å². The van der Waals surface area contributed by atoms with Crippen molar-refractivity contribution in [3.63, 3.8) is 0 Å². The van der Waals surface area contributed by atoms with Crippen LogP contribution in [0.3, 0.4) is 0 Å². The summed E-state index contributed by atoms with van der Waals surface area (Å²) in [6.07, 6.45) is 2.30. The summed E-state index contributed by atoms with van der Waals surface area (Å²) in [5.74, 6) is 1.79. The van der Waals surface area contributed by atoms with Gasteiger partial charge in [-0.25, -0.2) is 9.78 Å². The minimum Gasteiger partial charge on any atom is -0.438 e. The van der Waals surface area contributed by atoms with Crippen molar-refractivity contribution in [1.82, 2.24) is 20.2 Å². The van der Waals surface area contributed by atoms with E-state index in [-0.39, 0.29) is 6.03 Å². The predicted molar refractivity (Wildman–Crippen MR) is 130 cm³/mol. The molecule has 170 valence electrons. The second-order valence-electron chi connectivity index (χ2n) is 8.16. The third kappa shape index (κ3) is 5.49. The molecule has 2 amide bonds. The zero-order valence-corrected chi connectivity index (χ0v) is 19.1. The van der Waals surface area contributed by atoms with E-state index in [4.69, 9.17) is 14.7 Å². The first-order valence-corrected chi connectivity index (χ1v) is 11.1. The quantitative estimate of drug-likeness (QED) is 0.546. The molecule has 0 fully saturated rings. The fourth-order valence-electron chi connectivity index (χ4n) is 3.72. The van der Waals surface area contributed by atoms with Crippen LogP contribution >= 0.6 is 0 Å². The maximum Gasteiger partial charge on any atom is 0.317 e. The molecule has 1 aromatic heterocycles. The van der Waals surface area contributed by atoms with Crippen molar-refractivity contribution in [3.8, 4) is 11.6 Å². The highest BCUT2D eigenvalue weighted by atomic mass is 16.5. The summed E-state index contributed by atoms with van der Waals surface area (Å²) >= 11 is 0. The molecule has 7 heteroatoms. The molecule has 0 unspecified atom stereocenters. The van der Waals surface area contributed by atoms with Crippen LogP contribution in [0.5, 0.6) is 11.6 Å². The smallest absolute Gasteiger partial charge is 0.317 e. The topological polar surface area (TPSA) is 70.6 Å². The largest absolute Gasteiger partial charge is 0.438 e. The van der Waals surface area contributed by atoms with Gasteiger partial charge in [-0.15, -0.1) is 6.58 Å². The van der Waals surface area contributed by atoms with Crippen LogP contribution in [-0.2, 0) is 19.5 Å². The maximum absolute atomic E-state index is 12.5. The Morgan fingerprint density at radius 2 is 1.94 bits per heavy atom. The third-order valence-electron chi connectivity index (χ3n) is 5.53. The SMILES string of the molecule is C=CCNC(=O)N1CCc2nc(N(C)Cc3ccccc3)nc(Oc3ccc(C)cc3)c2C1. The molecule has 0 aliphatic carbocycles. The monoisotopic (exact) mass is 443 g/mol. The van der Waals surface area contributed by atoms with E-state index in [1.165, 1.54) is 5.56 Å². The zero-order chi connectivity index (χ0) is 23.2. The minimum absolute atomic E-state index is 0.132. The van der Waals surface area contributed by atoms with Crippen LogP contribution in [0.15, 0.2) is 67.3 Å². The number of hydrogen-bond acceptors (Lipinski definition) is 5. The number of nitrogens with zero attached hydrogens (tertiary/aromatic N) is 4. The van der Waals surface area contributed by atoms with E-state index in [0.717, 1.165) is 16.8 Å². The molecule has 3 aromatic rings. The van der Waals surface area contributed by atoms with Crippen LogP contribution in [0.25, 0.3) is 0 Å². The lowest BCUT2D eigenvalue weighted by atomic mass is 10.1. The number of hydrogen-bond donors (Lipinski definition) is 1. The van der Waals surface area contributed by atoms with Crippen molar-refractivity contribution in [1.29, 1.82) is 0 Å². The van der Waals surface area contributed by atoms with Crippen LogP contribution in [0, 0.1) is 6.92 Å². The molecule has 1 aliphatic rings. The molecule has 7 nitrogen and oxygen atoms in total. The van der Waals surface area contributed by atoms with E-state index < -0.39 is 0 Å². The standard InChI is InChI=1S/C26H29N5O2/c1-4-15-27-26(32)31-16-14-23-22(18-31)24(33-21-12-10-19(2)11-13-21)29-25(28-23)30(3)17-20-8-6-5-7-9-20/h4-13H,1,14-18H2,2-3H3,(H,27,32). The number of carbonyl (C=O) groups excluding carboxylic acids is 1. The van der Waals surface area contributed by atoms with Crippen molar-refractivity contribution in [3.05, 3.63) is 89.6 Å².